The van der Waals surface area contributed by atoms with Gasteiger partial charge >= 0.3 is 0 Å². The van der Waals surface area contributed by atoms with Crippen LogP contribution in [0.25, 0.3) is 0 Å². The molecule has 14 nitrogen and oxygen atoms in total. The average Bonchev–Trinajstić information content (AvgIpc) is 2.92. The number of phenols is 2. The van der Waals surface area contributed by atoms with Crippen LogP contribution in [-0.2, 0) is 9.47 Å². The van der Waals surface area contributed by atoms with Crippen LogP contribution < -0.4 is 20.1 Å². The highest BCUT2D eigenvalue weighted by Crippen LogP contribution is 2.49. The van der Waals surface area contributed by atoms with E-state index < -0.39 is 59.6 Å². The highest BCUT2D eigenvalue weighted by Gasteiger charge is 2.62. The molecule has 2 aromatic rings. The number of benzene rings is 2. The lowest BCUT2D eigenvalue weighted by Gasteiger charge is -2.54. The minimum absolute atomic E-state index is 0.170. The van der Waals surface area contributed by atoms with Gasteiger partial charge in [-0.15, -0.1) is 0 Å². The highest BCUT2D eigenvalue weighted by molar-refractivity contribution is 8.01. The summed E-state index contributed by atoms with van der Waals surface area (Å²) >= 11 is 0.411. The minimum Gasteiger partial charge on any atom is -0.508 e. The molecule has 8 atom stereocenters. The van der Waals surface area contributed by atoms with Gasteiger partial charge in [0, 0.05) is 47.8 Å². The zero-order valence-electron chi connectivity index (χ0n) is 22.4. The lowest BCUT2D eigenvalue weighted by Crippen LogP contribution is -2.71. The van der Waals surface area contributed by atoms with Gasteiger partial charge < -0.3 is 70.4 Å². The molecule has 2 aliphatic heterocycles. The zero-order valence-corrected chi connectivity index (χ0v) is 23.2. The van der Waals surface area contributed by atoms with Gasteiger partial charge in [-0.2, -0.15) is 0 Å². The predicted molar refractivity (Wildman–Crippen MR) is 147 cm³/mol. The fourth-order valence-corrected chi connectivity index (χ4v) is 6.79. The second kappa shape index (κ2) is 12.6. The fraction of sp³-hybridized carbons (Fsp3) is 0.538. The number of thioether (sulfide) groups is 1. The van der Waals surface area contributed by atoms with Crippen LogP contribution in [0.1, 0.15) is 0 Å². The van der Waals surface area contributed by atoms with Crippen molar-refractivity contribution in [1.29, 1.82) is 0 Å². The van der Waals surface area contributed by atoms with E-state index >= 15 is 0 Å². The Labute approximate surface area is 240 Å². The Morgan fingerprint density at radius 2 is 1.15 bits per heavy atom. The molecule has 4 rings (SSSR count). The number of aliphatic hydroxyl groups is 6. The molecule has 41 heavy (non-hydrogen) atoms. The Hall–Kier alpha value is -2.73. The number of anilines is 2. The first-order valence-corrected chi connectivity index (χ1v) is 13.5. The van der Waals surface area contributed by atoms with Gasteiger partial charge in [0.25, 0.3) is 0 Å². The van der Waals surface area contributed by atoms with E-state index in [2.05, 4.69) is 10.6 Å². The molecule has 2 aromatic carbocycles. The number of aromatic hydroxyl groups is 2. The van der Waals surface area contributed by atoms with Crippen LogP contribution in [-0.4, -0.2) is 128 Å². The number of nitrogens with one attached hydrogen (secondary N) is 2. The monoisotopic (exact) mass is 600 g/mol. The van der Waals surface area contributed by atoms with Crippen LogP contribution in [0, 0.1) is 0 Å². The Balaban J connectivity index is 1.75. The third-order valence-corrected chi connectivity index (χ3v) is 8.76. The van der Waals surface area contributed by atoms with Gasteiger partial charge in [-0.3, -0.25) is 0 Å². The van der Waals surface area contributed by atoms with Crippen LogP contribution in [0.2, 0.25) is 0 Å². The molecule has 15 heteroatoms. The first-order valence-electron chi connectivity index (χ1n) is 12.7. The lowest BCUT2D eigenvalue weighted by molar-refractivity contribution is -0.174. The molecule has 0 amide bonds. The molecule has 0 spiro atoms. The van der Waals surface area contributed by atoms with Crippen molar-refractivity contribution in [3.63, 3.8) is 0 Å². The summed E-state index contributed by atoms with van der Waals surface area (Å²) in [6, 6.07) is 5.67. The molecule has 10 N–H and O–H groups in total. The van der Waals surface area contributed by atoms with Gasteiger partial charge in [0.2, 0.25) is 0 Å². The van der Waals surface area contributed by atoms with E-state index in [0.29, 0.717) is 11.8 Å². The predicted octanol–water partition coefficient (Wildman–Crippen LogP) is -1.01. The topological polar surface area (TPSA) is 223 Å². The van der Waals surface area contributed by atoms with E-state index in [1.165, 1.54) is 50.6 Å². The molecule has 0 aromatic heterocycles. The van der Waals surface area contributed by atoms with Gasteiger partial charge in [0.15, 0.2) is 9.87 Å². The zero-order chi connectivity index (χ0) is 29.9. The Morgan fingerprint density at radius 1 is 0.756 bits per heavy atom. The van der Waals surface area contributed by atoms with Crippen LogP contribution in [0.3, 0.4) is 0 Å². The second-order valence-corrected chi connectivity index (χ2v) is 11.3. The smallest absolute Gasteiger partial charge is 0.164 e. The molecular weight excluding hydrogens is 564 g/mol. The largest absolute Gasteiger partial charge is 0.508 e. The number of aliphatic hydroxyl groups excluding tert-OH is 4. The van der Waals surface area contributed by atoms with Gasteiger partial charge in [0.1, 0.15) is 47.4 Å². The first-order chi connectivity index (χ1) is 19.5. The molecule has 2 saturated heterocycles. The van der Waals surface area contributed by atoms with Crippen molar-refractivity contribution in [2.75, 3.05) is 51.3 Å². The van der Waals surface area contributed by atoms with Gasteiger partial charge in [-0.25, -0.2) is 0 Å². The summed E-state index contributed by atoms with van der Waals surface area (Å²) in [5.41, 5.74) is 0.464. The SMILES string of the molecule is COc1cc(O)cc(N[C@H]2[C@@H](O)CO[C@H](CO)[C@]2(O)S[C@@]2(O)[C@@H](CO)OC[C@H](O)[C@@H]2Nc2cc(O)cc(OC)c2)c1. The number of methoxy groups -OCH3 is 2. The molecule has 228 valence electrons. The maximum absolute atomic E-state index is 12.1. The Bertz CT molecular complexity index is 1100. The van der Waals surface area contributed by atoms with E-state index in [4.69, 9.17) is 18.9 Å². The summed E-state index contributed by atoms with van der Waals surface area (Å²) in [5, 5.41) is 92.6. The van der Waals surface area contributed by atoms with Crippen LogP contribution >= 0.6 is 11.8 Å². The number of ether oxygens (including phenoxy) is 4. The van der Waals surface area contributed by atoms with Crippen molar-refractivity contribution >= 4 is 23.1 Å². The average molecular weight is 601 g/mol. The van der Waals surface area contributed by atoms with Gasteiger partial charge in [-0.1, -0.05) is 11.8 Å². The Kier molecular flexibility index (Phi) is 9.63. The van der Waals surface area contributed by atoms with E-state index in [1.807, 2.05) is 0 Å². The summed E-state index contributed by atoms with van der Waals surface area (Å²) in [5.74, 6) is 0.212. The van der Waals surface area contributed by atoms with Crippen molar-refractivity contribution in [3.05, 3.63) is 36.4 Å². The number of phenolic OH excluding ortho intramolecular Hbond substituents is 2. The van der Waals surface area contributed by atoms with E-state index in [9.17, 15) is 40.9 Å². The van der Waals surface area contributed by atoms with E-state index in [1.54, 1.807) is 0 Å². The first kappa shape index (κ1) is 31.2. The summed E-state index contributed by atoms with van der Waals surface area (Å²) in [6.07, 6.45) is -5.54. The molecule has 0 saturated carbocycles. The van der Waals surface area contributed by atoms with E-state index in [-0.39, 0.29) is 47.6 Å². The second-order valence-electron chi connectivity index (χ2n) is 9.83. The number of hydrogen-bond acceptors (Lipinski definition) is 15. The number of rotatable bonds is 10. The molecule has 2 fully saturated rings. The van der Waals surface area contributed by atoms with E-state index in [0.717, 1.165) is 0 Å². The van der Waals surface area contributed by atoms with Crippen molar-refractivity contribution in [2.24, 2.45) is 0 Å². The summed E-state index contributed by atoms with van der Waals surface area (Å²) in [6.45, 7) is -2.06. The van der Waals surface area contributed by atoms with Crippen LogP contribution in [0.15, 0.2) is 36.4 Å². The van der Waals surface area contributed by atoms with Gasteiger partial charge in [0.05, 0.1) is 52.7 Å². The maximum atomic E-state index is 12.1. The maximum Gasteiger partial charge on any atom is 0.164 e. The minimum atomic E-state index is -2.33. The van der Waals surface area contributed by atoms with Crippen molar-refractivity contribution in [2.45, 2.75) is 46.4 Å². The third kappa shape index (κ3) is 6.38. The third-order valence-electron chi connectivity index (χ3n) is 7.08. The quantitative estimate of drug-likeness (QED) is 0.148. The molecule has 2 aliphatic rings. The van der Waals surface area contributed by atoms with Gasteiger partial charge in [-0.05, 0) is 0 Å². The van der Waals surface area contributed by atoms with Crippen molar-refractivity contribution in [3.8, 4) is 23.0 Å². The fourth-order valence-electron chi connectivity index (χ4n) is 5.03. The highest BCUT2D eigenvalue weighted by atomic mass is 32.2. The molecule has 2 heterocycles. The van der Waals surface area contributed by atoms with Crippen molar-refractivity contribution in [1.82, 2.24) is 0 Å². The van der Waals surface area contributed by atoms with Crippen LogP contribution in [0.4, 0.5) is 11.4 Å². The summed E-state index contributed by atoms with van der Waals surface area (Å²) < 4.78 is 21.4. The normalized spacial score (nSPS) is 33.7. The Morgan fingerprint density at radius 3 is 1.49 bits per heavy atom. The standard InChI is InChI=1S/C26H36N2O12S/c1-37-17-5-13(3-15(31)7-17)27-23-19(33)11-39-21(9-29)25(23,35)41-26(36)22(10-30)40-12-20(34)24(26)28-14-4-16(32)8-18(6-14)38-2/h3-8,19-24,27-36H,9-12H2,1-2H3/t19-,20-,21+,22+,23-,24-,25-,26-/m0/s1. The molecule has 0 bridgehead atoms. The molecule has 0 aliphatic carbocycles. The lowest BCUT2D eigenvalue weighted by atomic mass is 9.95. The summed E-state index contributed by atoms with van der Waals surface area (Å²) in [4.78, 5) is -4.66. The summed E-state index contributed by atoms with van der Waals surface area (Å²) in [7, 11) is 2.79. The number of hydrogen-bond donors (Lipinski definition) is 10. The molecular formula is C26H36N2O12S. The molecule has 0 radical (unpaired) electrons. The molecule has 0 unspecified atom stereocenters. The van der Waals surface area contributed by atoms with Crippen molar-refractivity contribution < 1.29 is 59.8 Å². The van der Waals surface area contributed by atoms with Crippen LogP contribution in [0.5, 0.6) is 23.0 Å².